The minimum Gasteiger partial charge on any atom is -0.484 e. The molecule has 1 aliphatic rings. The molecule has 5 heteroatoms. The van der Waals surface area contributed by atoms with Crippen LogP contribution in [0.15, 0.2) is 48.5 Å². The van der Waals surface area contributed by atoms with Gasteiger partial charge in [0.1, 0.15) is 11.6 Å². The summed E-state index contributed by atoms with van der Waals surface area (Å²) in [6, 6.07) is 12.1. The van der Waals surface area contributed by atoms with Crippen molar-refractivity contribution >= 4 is 11.7 Å². The highest BCUT2D eigenvalue weighted by Crippen LogP contribution is 2.16. The molecule has 0 bridgehead atoms. The first kappa shape index (κ1) is 18.1. The number of rotatable bonds is 5. The maximum Gasteiger partial charge on any atom is 0.260 e. The number of hydrogen-bond donors (Lipinski definition) is 0. The lowest BCUT2D eigenvalue weighted by atomic mass is 10.0. The van der Waals surface area contributed by atoms with Crippen LogP contribution in [0, 0.1) is 5.82 Å². The Morgan fingerprint density at radius 3 is 1.96 bits per heavy atom. The molecule has 0 spiro atoms. The Morgan fingerprint density at radius 1 is 0.846 bits per heavy atom. The largest absolute Gasteiger partial charge is 0.484 e. The number of nitrogens with zero attached hydrogens (tertiary/aromatic N) is 1. The standard InChI is InChI=1S/C21H22FNO3/c22-18-9-5-16(6-10-18)21(25)17-7-11-19(12-8-17)26-15-20(24)23-13-3-1-2-4-14-23/h5-12H,1-4,13-15H2. The molecule has 0 aliphatic carbocycles. The zero-order valence-corrected chi connectivity index (χ0v) is 14.6. The average Bonchev–Trinajstić information content (AvgIpc) is 2.96. The summed E-state index contributed by atoms with van der Waals surface area (Å²) in [5.74, 6) is -0.0150. The van der Waals surface area contributed by atoms with E-state index in [9.17, 15) is 14.0 Å². The Morgan fingerprint density at radius 2 is 1.38 bits per heavy atom. The van der Waals surface area contributed by atoms with Crippen LogP contribution in [0.3, 0.4) is 0 Å². The van der Waals surface area contributed by atoms with E-state index in [1.165, 1.54) is 37.1 Å². The number of amides is 1. The van der Waals surface area contributed by atoms with Crippen LogP contribution in [0.5, 0.6) is 5.75 Å². The molecule has 1 saturated heterocycles. The first-order valence-electron chi connectivity index (χ1n) is 8.94. The number of benzene rings is 2. The molecule has 0 atom stereocenters. The van der Waals surface area contributed by atoms with Gasteiger partial charge in [-0.2, -0.15) is 0 Å². The van der Waals surface area contributed by atoms with Gasteiger partial charge in [0.25, 0.3) is 5.91 Å². The second-order valence-electron chi connectivity index (χ2n) is 6.44. The van der Waals surface area contributed by atoms with E-state index in [1.807, 2.05) is 4.90 Å². The molecule has 2 aromatic rings. The number of halogens is 1. The molecule has 4 nitrogen and oxygen atoms in total. The monoisotopic (exact) mass is 355 g/mol. The molecule has 0 saturated carbocycles. The maximum absolute atomic E-state index is 13.0. The van der Waals surface area contributed by atoms with Crippen molar-refractivity contribution in [3.63, 3.8) is 0 Å². The molecule has 136 valence electrons. The molecule has 1 amide bonds. The highest BCUT2D eigenvalue weighted by molar-refractivity contribution is 6.09. The normalized spacial score (nSPS) is 14.6. The summed E-state index contributed by atoms with van der Waals surface area (Å²) < 4.78 is 18.5. The third-order valence-electron chi connectivity index (χ3n) is 4.54. The molecule has 1 heterocycles. The minimum atomic E-state index is -0.376. The van der Waals surface area contributed by atoms with Gasteiger partial charge < -0.3 is 9.64 Å². The van der Waals surface area contributed by atoms with Crippen molar-refractivity contribution in [2.24, 2.45) is 0 Å². The Bertz CT molecular complexity index is 748. The SMILES string of the molecule is O=C(c1ccc(F)cc1)c1ccc(OCC(=O)N2CCCCCC2)cc1. The van der Waals surface area contributed by atoms with Crippen LogP contribution in [0.1, 0.15) is 41.6 Å². The van der Waals surface area contributed by atoms with Gasteiger partial charge >= 0.3 is 0 Å². The van der Waals surface area contributed by atoms with Crippen LogP contribution in [0.4, 0.5) is 4.39 Å². The van der Waals surface area contributed by atoms with Crippen molar-refractivity contribution in [2.75, 3.05) is 19.7 Å². The van der Waals surface area contributed by atoms with Gasteiger partial charge in [-0.1, -0.05) is 12.8 Å². The Labute approximate surface area is 152 Å². The predicted molar refractivity (Wildman–Crippen MR) is 96.8 cm³/mol. The van der Waals surface area contributed by atoms with Crippen molar-refractivity contribution in [2.45, 2.75) is 25.7 Å². The lowest BCUT2D eigenvalue weighted by Gasteiger charge is -2.20. The van der Waals surface area contributed by atoms with Crippen LogP contribution in [0.25, 0.3) is 0 Å². The molecule has 0 N–H and O–H groups in total. The first-order chi connectivity index (χ1) is 12.6. The summed E-state index contributed by atoms with van der Waals surface area (Å²) in [4.78, 5) is 26.4. The molecule has 0 aromatic heterocycles. The van der Waals surface area contributed by atoms with Crippen molar-refractivity contribution in [1.82, 2.24) is 4.90 Å². The number of ether oxygens (including phenoxy) is 1. The number of likely N-dealkylation sites (tertiary alicyclic amines) is 1. The quantitative estimate of drug-likeness (QED) is 0.766. The van der Waals surface area contributed by atoms with Gasteiger partial charge in [0.15, 0.2) is 12.4 Å². The Hall–Kier alpha value is -2.69. The molecular formula is C21H22FNO3. The molecule has 26 heavy (non-hydrogen) atoms. The van der Waals surface area contributed by atoms with Crippen LogP contribution in [-0.2, 0) is 4.79 Å². The van der Waals surface area contributed by atoms with E-state index >= 15 is 0 Å². The van der Waals surface area contributed by atoms with Crippen LogP contribution in [-0.4, -0.2) is 36.3 Å². The van der Waals surface area contributed by atoms with Crippen molar-refractivity contribution in [1.29, 1.82) is 0 Å². The molecular weight excluding hydrogens is 333 g/mol. The highest BCUT2D eigenvalue weighted by atomic mass is 19.1. The summed E-state index contributed by atoms with van der Waals surface area (Å²) >= 11 is 0. The lowest BCUT2D eigenvalue weighted by molar-refractivity contribution is -0.133. The lowest BCUT2D eigenvalue weighted by Crippen LogP contribution is -2.35. The van der Waals surface area contributed by atoms with Crippen LogP contribution < -0.4 is 4.74 Å². The Balaban J connectivity index is 1.56. The fourth-order valence-electron chi connectivity index (χ4n) is 3.03. The summed E-state index contributed by atoms with van der Waals surface area (Å²) in [7, 11) is 0. The van der Waals surface area contributed by atoms with E-state index in [1.54, 1.807) is 24.3 Å². The number of ketones is 1. The summed E-state index contributed by atoms with van der Waals surface area (Å²) in [6.07, 6.45) is 4.44. The zero-order chi connectivity index (χ0) is 18.4. The topological polar surface area (TPSA) is 46.6 Å². The highest BCUT2D eigenvalue weighted by Gasteiger charge is 2.16. The van der Waals surface area contributed by atoms with E-state index < -0.39 is 0 Å². The minimum absolute atomic E-state index is 0.00151. The van der Waals surface area contributed by atoms with Gasteiger partial charge in [0.05, 0.1) is 0 Å². The van der Waals surface area contributed by atoms with E-state index in [-0.39, 0.29) is 24.1 Å². The van der Waals surface area contributed by atoms with Gasteiger partial charge in [0, 0.05) is 24.2 Å². The van der Waals surface area contributed by atoms with Gasteiger partial charge in [-0.15, -0.1) is 0 Å². The van der Waals surface area contributed by atoms with Gasteiger partial charge in [-0.3, -0.25) is 9.59 Å². The van der Waals surface area contributed by atoms with E-state index in [0.29, 0.717) is 16.9 Å². The molecule has 2 aromatic carbocycles. The smallest absolute Gasteiger partial charge is 0.260 e. The fourth-order valence-corrected chi connectivity index (χ4v) is 3.03. The summed E-state index contributed by atoms with van der Waals surface area (Å²) in [5, 5.41) is 0. The zero-order valence-electron chi connectivity index (χ0n) is 14.6. The van der Waals surface area contributed by atoms with E-state index in [0.717, 1.165) is 25.9 Å². The third kappa shape index (κ3) is 4.69. The second kappa shape index (κ2) is 8.61. The average molecular weight is 355 g/mol. The molecule has 1 aliphatic heterocycles. The Kier molecular flexibility index (Phi) is 6.00. The van der Waals surface area contributed by atoms with Gasteiger partial charge in [-0.05, 0) is 61.4 Å². The number of carbonyl (C=O) groups excluding carboxylic acids is 2. The number of hydrogen-bond acceptors (Lipinski definition) is 3. The molecule has 1 fully saturated rings. The van der Waals surface area contributed by atoms with E-state index in [2.05, 4.69) is 0 Å². The van der Waals surface area contributed by atoms with Crippen molar-refractivity contribution < 1.29 is 18.7 Å². The van der Waals surface area contributed by atoms with Crippen molar-refractivity contribution in [3.05, 3.63) is 65.5 Å². The maximum atomic E-state index is 13.0. The molecule has 3 rings (SSSR count). The number of carbonyl (C=O) groups is 2. The fraction of sp³-hybridized carbons (Fsp3) is 0.333. The van der Waals surface area contributed by atoms with Crippen molar-refractivity contribution in [3.8, 4) is 5.75 Å². The van der Waals surface area contributed by atoms with Gasteiger partial charge in [-0.25, -0.2) is 4.39 Å². The third-order valence-corrected chi connectivity index (χ3v) is 4.54. The summed E-state index contributed by atoms with van der Waals surface area (Å²) in [6.45, 7) is 1.60. The van der Waals surface area contributed by atoms with Gasteiger partial charge in [0.2, 0.25) is 0 Å². The predicted octanol–water partition coefficient (Wildman–Crippen LogP) is 3.84. The summed E-state index contributed by atoms with van der Waals surface area (Å²) in [5.41, 5.74) is 0.916. The van der Waals surface area contributed by atoms with Crippen LogP contribution in [0.2, 0.25) is 0 Å². The first-order valence-corrected chi connectivity index (χ1v) is 8.94. The van der Waals surface area contributed by atoms with Crippen LogP contribution >= 0.6 is 0 Å². The molecule has 0 unspecified atom stereocenters. The second-order valence-corrected chi connectivity index (χ2v) is 6.44. The van der Waals surface area contributed by atoms with E-state index in [4.69, 9.17) is 4.74 Å². The molecule has 0 radical (unpaired) electrons.